The molecule has 0 aliphatic rings. The van der Waals surface area contributed by atoms with Crippen LogP contribution in [0.4, 0.5) is 5.69 Å². The van der Waals surface area contributed by atoms with E-state index in [2.05, 4.69) is 27.6 Å². The number of thioether (sulfide) groups is 1. The summed E-state index contributed by atoms with van der Waals surface area (Å²) >= 11 is 3.01. The van der Waals surface area contributed by atoms with Crippen molar-refractivity contribution < 1.29 is 4.79 Å². The van der Waals surface area contributed by atoms with Crippen molar-refractivity contribution in [3.8, 4) is 0 Å². The van der Waals surface area contributed by atoms with Gasteiger partial charge in [-0.2, -0.15) is 0 Å². The second-order valence-corrected chi connectivity index (χ2v) is 7.81. The molecule has 2 aromatic carbocycles. The Morgan fingerprint density at radius 2 is 1.84 bits per heavy atom. The van der Waals surface area contributed by atoms with E-state index in [4.69, 9.17) is 0 Å². The summed E-state index contributed by atoms with van der Waals surface area (Å²) in [5, 5.41) is 11.3. The zero-order valence-electron chi connectivity index (χ0n) is 13.9. The minimum atomic E-state index is -0.280. The molecular formula is C18H18N4OS2. The van der Waals surface area contributed by atoms with E-state index in [9.17, 15) is 4.79 Å². The average Bonchev–Trinajstić information content (AvgIpc) is 3.02. The van der Waals surface area contributed by atoms with Crippen molar-refractivity contribution in [3.63, 3.8) is 0 Å². The smallest absolute Gasteiger partial charge is 0.237 e. The zero-order valence-corrected chi connectivity index (χ0v) is 15.6. The van der Waals surface area contributed by atoms with Crippen LogP contribution in [0.1, 0.15) is 6.92 Å². The summed E-state index contributed by atoms with van der Waals surface area (Å²) in [6.45, 7) is 1.86. The molecule has 1 amide bonds. The van der Waals surface area contributed by atoms with Gasteiger partial charge in [0.2, 0.25) is 5.91 Å². The first kappa shape index (κ1) is 17.6. The minimum Gasteiger partial charge on any atom is -0.324 e. The predicted octanol–water partition coefficient (Wildman–Crippen LogP) is 4.09. The number of carbonyl (C=O) groups is 1. The van der Waals surface area contributed by atoms with E-state index >= 15 is 0 Å². The molecule has 0 spiro atoms. The second kappa shape index (κ2) is 8.22. The van der Waals surface area contributed by atoms with Crippen LogP contribution < -0.4 is 5.32 Å². The number of benzene rings is 2. The number of rotatable bonds is 6. The molecule has 0 aliphatic heterocycles. The summed E-state index contributed by atoms with van der Waals surface area (Å²) in [5.41, 5.74) is 0.812. The number of nitrogens with zero attached hydrogens (tertiary/aromatic N) is 3. The monoisotopic (exact) mass is 370 g/mol. The highest BCUT2D eigenvalue weighted by atomic mass is 32.2. The summed E-state index contributed by atoms with van der Waals surface area (Å²) in [4.78, 5) is 14.7. The molecule has 0 aliphatic carbocycles. The highest BCUT2D eigenvalue weighted by Gasteiger charge is 2.18. The Kier molecular flexibility index (Phi) is 5.78. The molecule has 1 aromatic heterocycles. The van der Waals surface area contributed by atoms with Crippen molar-refractivity contribution in [2.75, 3.05) is 5.32 Å². The molecule has 3 aromatic rings. The molecule has 0 radical (unpaired) electrons. The predicted molar refractivity (Wildman–Crippen MR) is 102 cm³/mol. The fourth-order valence-electron chi connectivity index (χ4n) is 2.10. The second-order valence-electron chi connectivity index (χ2n) is 5.39. The van der Waals surface area contributed by atoms with Gasteiger partial charge in [-0.1, -0.05) is 53.9 Å². The van der Waals surface area contributed by atoms with Gasteiger partial charge in [-0.3, -0.25) is 4.79 Å². The largest absolute Gasteiger partial charge is 0.324 e. The van der Waals surface area contributed by atoms with Crippen LogP contribution in [0.5, 0.6) is 0 Å². The molecular weight excluding hydrogens is 352 g/mol. The van der Waals surface area contributed by atoms with E-state index in [0.29, 0.717) is 0 Å². The van der Waals surface area contributed by atoms with Gasteiger partial charge < -0.3 is 9.88 Å². The third-order valence-corrected chi connectivity index (χ3v) is 5.67. The lowest BCUT2D eigenvalue weighted by molar-refractivity contribution is -0.115. The topological polar surface area (TPSA) is 59.8 Å². The maximum absolute atomic E-state index is 12.6. The molecule has 1 heterocycles. The normalized spacial score (nSPS) is 11.9. The molecule has 1 N–H and O–H groups in total. The third-order valence-electron chi connectivity index (χ3n) is 3.44. The molecule has 0 bridgehead atoms. The van der Waals surface area contributed by atoms with E-state index in [1.807, 2.05) is 56.4 Å². The molecule has 0 fully saturated rings. The standard InChI is InChI=1S/C18H18N4OS2/c1-13(24-18-21-19-12-22(18)2)17(23)20-15-10-6-7-11-16(15)25-14-8-4-3-5-9-14/h3-13H,1-2H3,(H,20,23). The van der Waals surface area contributed by atoms with Crippen molar-refractivity contribution in [2.24, 2.45) is 7.05 Å². The van der Waals surface area contributed by atoms with Gasteiger partial charge in [0, 0.05) is 16.8 Å². The first-order valence-electron chi connectivity index (χ1n) is 7.77. The van der Waals surface area contributed by atoms with Crippen molar-refractivity contribution in [1.29, 1.82) is 0 Å². The molecule has 128 valence electrons. The van der Waals surface area contributed by atoms with Crippen molar-refractivity contribution >= 4 is 35.1 Å². The van der Waals surface area contributed by atoms with Crippen LogP contribution in [0.15, 0.2) is 75.9 Å². The number of aryl methyl sites for hydroxylation is 1. The molecule has 1 unspecified atom stereocenters. The van der Waals surface area contributed by atoms with Gasteiger partial charge in [-0.05, 0) is 31.2 Å². The van der Waals surface area contributed by atoms with E-state index < -0.39 is 0 Å². The summed E-state index contributed by atoms with van der Waals surface area (Å²) in [5.74, 6) is -0.0610. The van der Waals surface area contributed by atoms with Gasteiger partial charge in [0.1, 0.15) is 6.33 Å². The van der Waals surface area contributed by atoms with E-state index in [1.54, 1.807) is 22.7 Å². The van der Waals surface area contributed by atoms with Crippen LogP contribution in [0.2, 0.25) is 0 Å². The quantitative estimate of drug-likeness (QED) is 0.663. The van der Waals surface area contributed by atoms with Crippen molar-refractivity contribution in [3.05, 3.63) is 60.9 Å². The van der Waals surface area contributed by atoms with Crippen LogP contribution in [0.25, 0.3) is 0 Å². The highest BCUT2D eigenvalue weighted by molar-refractivity contribution is 8.00. The molecule has 1 atom stereocenters. The van der Waals surface area contributed by atoms with Crippen LogP contribution in [-0.2, 0) is 11.8 Å². The molecule has 3 rings (SSSR count). The SMILES string of the molecule is CC(Sc1nncn1C)C(=O)Nc1ccccc1Sc1ccccc1. The molecule has 25 heavy (non-hydrogen) atoms. The fraction of sp³-hybridized carbons (Fsp3) is 0.167. The third kappa shape index (κ3) is 4.64. The first-order chi connectivity index (χ1) is 12.1. The number of nitrogens with one attached hydrogen (secondary N) is 1. The molecule has 0 saturated heterocycles. The molecule has 0 saturated carbocycles. The van der Waals surface area contributed by atoms with Crippen LogP contribution in [-0.4, -0.2) is 25.9 Å². The number of anilines is 1. The Labute approximate surface area is 155 Å². The van der Waals surface area contributed by atoms with E-state index in [0.717, 1.165) is 20.6 Å². The van der Waals surface area contributed by atoms with E-state index in [1.165, 1.54) is 11.8 Å². The average molecular weight is 371 g/mol. The summed E-state index contributed by atoms with van der Waals surface area (Å²) in [7, 11) is 1.86. The number of para-hydroxylation sites is 1. The van der Waals surface area contributed by atoms with Crippen molar-refractivity contribution in [2.45, 2.75) is 27.1 Å². The van der Waals surface area contributed by atoms with Crippen molar-refractivity contribution in [1.82, 2.24) is 14.8 Å². The van der Waals surface area contributed by atoms with Crippen LogP contribution >= 0.6 is 23.5 Å². The Hall–Kier alpha value is -2.25. The number of hydrogen-bond acceptors (Lipinski definition) is 5. The highest BCUT2D eigenvalue weighted by Crippen LogP contribution is 2.33. The minimum absolute atomic E-state index is 0.0610. The fourth-order valence-corrected chi connectivity index (χ4v) is 3.81. The lowest BCUT2D eigenvalue weighted by atomic mass is 10.3. The van der Waals surface area contributed by atoms with E-state index in [-0.39, 0.29) is 11.2 Å². The lowest BCUT2D eigenvalue weighted by Crippen LogP contribution is -2.23. The Balaban J connectivity index is 1.70. The van der Waals surface area contributed by atoms with Gasteiger partial charge in [-0.25, -0.2) is 0 Å². The van der Waals surface area contributed by atoms with Gasteiger partial charge in [0.25, 0.3) is 0 Å². The van der Waals surface area contributed by atoms with Crippen LogP contribution in [0, 0.1) is 0 Å². The number of carbonyl (C=O) groups excluding carboxylic acids is 1. The van der Waals surface area contributed by atoms with Gasteiger partial charge in [-0.15, -0.1) is 10.2 Å². The Morgan fingerprint density at radius 1 is 1.12 bits per heavy atom. The summed E-state index contributed by atoms with van der Waals surface area (Å²) in [6, 6.07) is 17.9. The number of amides is 1. The molecule has 7 heteroatoms. The van der Waals surface area contributed by atoms with Crippen LogP contribution in [0.3, 0.4) is 0 Å². The van der Waals surface area contributed by atoms with Gasteiger partial charge in [0.05, 0.1) is 10.9 Å². The first-order valence-corrected chi connectivity index (χ1v) is 9.46. The Morgan fingerprint density at radius 3 is 2.56 bits per heavy atom. The van der Waals surface area contributed by atoms with Gasteiger partial charge >= 0.3 is 0 Å². The maximum atomic E-state index is 12.6. The lowest BCUT2D eigenvalue weighted by Gasteiger charge is -2.14. The Bertz CT molecular complexity index is 851. The zero-order chi connectivity index (χ0) is 17.6. The number of aromatic nitrogens is 3. The summed E-state index contributed by atoms with van der Waals surface area (Å²) < 4.78 is 1.80. The maximum Gasteiger partial charge on any atom is 0.237 e. The number of hydrogen-bond donors (Lipinski definition) is 1. The molecule has 5 nitrogen and oxygen atoms in total. The van der Waals surface area contributed by atoms with Gasteiger partial charge in [0.15, 0.2) is 5.16 Å². The summed E-state index contributed by atoms with van der Waals surface area (Å²) in [6.07, 6.45) is 1.62.